The summed E-state index contributed by atoms with van der Waals surface area (Å²) >= 11 is 0. The Balaban J connectivity index is 1.18. The number of rotatable bonds is 4. The van der Waals surface area contributed by atoms with E-state index in [0.717, 1.165) is 55.1 Å². The Morgan fingerprint density at radius 1 is 0.389 bits per heavy atom. The van der Waals surface area contributed by atoms with Gasteiger partial charge in [-0.1, -0.05) is 141 Å². The maximum absolute atomic E-state index is 6.58. The zero-order chi connectivity index (χ0) is 36.0. The largest absolute Gasteiger partial charge is 0.456 e. The second-order valence-corrected chi connectivity index (χ2v) is 14.9. The van der Waals surface area contributed by atoms with Gasteiger partial charge in [-0.05, 0) is 91.3 Å². The van der Waals surface area contributed by atoms with E-state index >= 15 is 0 Å². The van der Waals surface area contributed by atoms with Crippen LogP contribution in [0, 0.1) is 0 Å². The standard InChI is InChI=1S/C50H33N3O/c1-50(2)42-17-9-7-15-38(42)39-24-23-36(28-43(39)50)48-51-47(35-22-20-31-12-4-6-14-33(31)26-35)52-49(53-48)41-27-37(34-21-19-30-11-3-5-13-32(30)25-34)29-45-46(41)40-16-8-10-18-44(40)54-45/h3-29H,1-2H3. The van der Waals surface area contributed by atoms with Gasteiger partial charge in [0.25, 0.3) is 0 Å². The van der Waals surface area contributed by atoms with Crippen LogP contribution in [0.2, 0.25) is 0 Å². The molecule has 4 nitrogen and oxygen atoms in total. The average molecular weight is 692 g/mol. The molecular formula is C50H33N3O. The Bertz CT molecular complexity index is 3150. The summed E-state index contributed by atoms with van der Waals surface area (Å²) in [5.74, 6) is 1.86. The topological polar surface area (TPSA) is 51.8 Å². The van der Waals surface area contributed by atoms with Crippen LogP contribution in [0.1, 0.15) is 25.0 Å². The first-order chi connectivity index (χ1) is 26.5. The minimum Gasteiger partial charge on any atom is -0.456 e. The number of hydrogen-bond donors (Lipinski definition) is 0. The van der Waals surface area contributed by atoms with E-state index in [0.29, 0.717) is 17.5 Å². The van der Waals surface area contributed by atoms with E-state index in [1.165, 1.54) is 38.4 Å². The monoisotopic (exact) mass is 691 g/mol. The molecule has 0 N–H and O–H groups in total. The number of para-hydroxylation sites is 1. The van der Waals surface area contributed by atoms with Crippen LogP contribution in [0.15, 0.2) is 168 Å². The molecule has 1 aliphatic rings. The number of aromatic nitrogens is 3. The highest BCUT2D eigenvalue weighted by Crippen LogP contribution is 2.49. The Morgan fingerprint density at radius 3 is 1.74 bits per heavy atom. The summed E-state index contributed by atoms with van der Waals surface area (Å²) in [5, 5.41) is 6.71. The third kappa shape index (κ3) is 4.73. The van der Waals surface area contributed by atoms with Crippen LogP contribution in [0.4, 0.5) is 0 Å². The molecule has 0 amide bonds. The first-order valence-corrected chi connectivity index (χ1v) is 18.4. The van der Waals surface area contributed by atoms with E-state index in [1.807, 2.05) is 12.1 Å². The van der Waals surface area contributed by atoms with Gasteiger partial charge in [0.2, 0.25) is 0 Å². The molecule has 0 fully saturated rings. The molecule has 8 aromatic carbocycles. The normalized spacial score (nSPS) is 13.1. The van der Waals surface area contributed by atoms with Gasteiger partial charge in [-0.15, -0.1) is 0 Å². The van der Waals surface area contributed by atoms with Crippen molar-refractivity contribution in [3.8, 4) is 56.4 Å². The summed E-state index contributed by atoms with van der Waals surface area (Å²) in [6.07, 6.45) is 0. The molecular weight excluding hydrogens is 659 g/mol. The number of hydrogen-bond acceptors (Lipinski definition) is 4. The van der Waals surface area contributed by atoms with E-state index in [9.17, 15) is 0 Å². The third-order valence-corrected chi connectivity index (χ3v) is 11.3. The molecule has 4 heteroatoms. The molecule has 0 unspecified atom stereocenters. The van der Waals surface area contributed by atoms with Crippen LogP contribution in [0.3, 0.4) is 0 Å². The van der Waals surface area contributed by atoms with E-state index in [2.05, 4.69) is 166 Å². The van der Waals surface area contributed by atoms with Gasteiger partial charge >= 0.3 is 0 Å². The molecule has 0 bridgehead atoms. The van der Waals surface area contributed by atoms with Crippen molar-refractivity contribution in [2.75, 3.05) is 0 Å². The van der Waals surface area contributed by atoms with Gasteiger partial charge in [-0.3, -0.25) is 0 Å². The van der Waals surface area contributed by atoms with Gasteiger partial charge in [0.15, 0.2) is 17.5 Å². The smallest absolute Gasteiger partial charge is 0.164 e. The van der Waals surface area contributed by atoms with Crippen molar-refractivity contribution >= 4 is 43.5 Å². The van der Waals surface area contributed by atoms with Crippen molar-refractivity contribution in [3.63, 3.8) is 0 Å². The lowest BCUT2D eigenvalue weighted by molar-refractivity contribution is 0.660. The Labute approximate surface area is 312 Å². The lowest BCUT2D eigenvalue weighted by atomic mass is 9.82. The van der Waals surface area contributed by atoms with Crippen molar-refractivity contribution < 1.29 is 4.42 Å². The van der Waals surface area contributed by atoms with Crippen molar-refractivity contribution in [3.05, 3.63) is 175 Å². The highest BCUT2D eigenvalue weighted by Gasteiger charge is 2.35. The average Bonchev–Trinajstić information content (AvgIpc) is 3.71. The molecule has 0 saturated carbocycles. The quantitative estimate of drug-likeness (QED) is 0.184. The minimum atomic E-state index is -0.158. The van der Waals surface area contributed by atoms with E-state index in [-0.39, 0.29) is 5.41 Å². The zero-order valence-electron chi connectivity index (χ0n) is 29.8. The molecule has 0 spiro atoms. The molecule has 2 heterocycles. The van der Waals surface area contributed by atoms with Crippen LogP contribution in [-0.2, 0) is 5.41 Å². The lowest BCUT2D eigenvalue weighted by Gasteiger charge is -2.21. The summed E-state index contributed by atoms with van der Waals surface area (Å²) in [6.45, 7) is 4.61. The molecule has 0 atom stereocenters. The predicted octanol–water partition coefficient (Wildman–Crippen LogP) is 13.1. The Hall–Kier alpha value is -6.91. The molecule has 0 aliphatic heterocycles. The Kier molecular flexibility index (Phi) is 6.56. The van der Waals surface area contributed by atoms with Gasteiger partial charge in [0.05, 0.1) is 0 Å². The van der Waals surface area contributed by atoms with Crippen molar-refractivity contribution in [1.29, 1.82) is 0 Å². The first-order valence-electron chi connectivity index (χ1n) is 18.4. The zero-order valence-corrected chi connectivity index (χ0v) is 29.8. The fraction of sp³-hybridized carbons (Fsp3) is 0.0600. The van der Waals surface area contributed by atoms with Crippen molar-refractivity contribution in [2.24, 2.45) is 0 Å². The van der Waals surface area contributed by atoms with E-state index < -0.39 is 0 Å². The molecule has 2 aromatic heterocycles. The molecule has 254 valence electrons. The predicted molar refractivity (Wildman–Crippen MR) is 221 cm³/mol. The summed E-state index contributed by atoms with van der Waals surface area (Å²) < 4.78 is 6.58. The van der Waals surface area contributed by atoms with Gasteiger partial charge in [-0.2, -0.15) is 0 Å². The molecule has 0 saturated heterocycles. The molecule has 10 aromatic rings. The maximum atomic E-state index is 6.58. The molecule has 54 heavy (non-hydrogen) atoms. The third-order valence-electron chi connectivity index (χ3n) is 11.3. The van der Waals surface area contributed by atoms with Crippen molar-refractivity contribution in [2.45, 2.75) is 19.3 Å². The number of benzene rings is 8. The van der Waals surface area contributed by atoms with Gasteiger partial charge in [0, 0.05) is 32.9 Å². The summed E-state index contributed by atoms with van der Waals surface area (Å²) in [6, 6.07) is 57.9. The van der Waals surface area contributed by atoms with Gasteiger partial charge in [-0.25, -0.2) is 15.0 Å². The molecule has 1 aliphatic carbocycles. The number of nitrogens with zero attached hydrogens (tertiary/aromatic N) is 3. The van der Waals surface area contributed by atoms with Crippen LogP contribution in [0.5, 0.6) is 0 Å². The second kappa shape index (κ2) is 11.5. The van der Waals surface area contributed by atoms with Crippen LogP contribution >= 0.6 is 0 Å². The highest BCUT2D eigenvalue weighted by molar-refractivity contribution is 6.13. The van der Waals surface area contributed by atoms with E-state index in [1.54, 1.807) is 0 Å². The summed E-state index contributed by atoms with van der Waals surface area (Å²) in [4.78, 5) is 15.9. The lowest BCUT2D eigenvalue weighted by Crippen LogP contribution is -2.15. The molecule has 11 rings (SSSR count). The minimum absolute atomic E-state index is 0.158. The summed E-state index contributed by atoms with van der Waals surface area (Å²) in [5.41, 5.74) is 11.6. The van der Waals surface area contributed by atoms with Crippen molar-refractivity contribution in [1.82, 2.24) is 15.0 Å². The molecule has 0 radical (unpaired) electrons. The van der Waals surface area contributed by atoms with Gasteiger partial charge < -0.3 is 4.42 Å². The van der Waals surface area contributed by atoms with E-state index in [4.69, 9.17) is 19.4 Å². The highest BCUT2D eigenvalue weighted by atomic mass is 16.3. The fourth-order valence-electron chi connectivity index (χ4n) is 8.49. The Morgan fingerprint density at radius 2 is 0.963 bits per heavy atom. The number of fused-ring (bicyclic) bond motifs is 8. The van der Waals surface area contributed by atoms with Crippen LogP contribution in [-0.4, -0.2) is 15.0 Å². The SMILES string of the molecule is CC1(C)c2ccccc2-c2ccc(-c3nc(-c4ccc5ccccc5c4)nc(-c4cc(-c5ccc6ccccc6c5)cc5oc6ccccc6c45)n3)cc21. The van der Waals surface area contributed by atoms with Crippen LogP contribution in [0.25, 0.3) is 99.9 Å². The summed E-state index contributed by atoms with van der Waals surface area (Å²) in [7, 11) is 0. The fourth-order valence-corrected chi connectivity index (χ4v) is 8.49. The first kappa shape index (κ1) is 30.7. The maximum Gasteiger partial charge on any atom is 0.164 e. The van der Waals surface area contributed by atoms with Crippen LogP contribution < -0.4 is 0 Å². The van der Waals surface area contributed by atoms with Gasteiger partial charge in [0.1, 0.15) is 11.2 Å². The second-order valence-electron chi connectivity index (χ2n) is 14.9. The number of furan rings is 1.